The van der Waals surface area contributed by atoms with E-state index in [0.717, 1.165) is 22.0 Å². The van der Waals surface area contributed by atoms with Crippen LogP contribution in [0.2, 0.25) is 0 Å². The first-order chi connectivity index (χ1) is 12.7. The Morgan fingerprint density at radius 3 is 2.65 bits per heavy atom. The summed E-state index contributed by atoms with van der Waals surface area (Å²) in [6.07, 6.45) is 1.14. The molecule has 5 nitrogen and oxygen atoms in total. The Bertz CT molecular complexity index is 889. The number of ether oxygens (including phenoxy) is 2. The van der Waals surface area contributed by atoms with Crippen molar-refractivity contribution in [1.82, 2.24) is 4.98 Å². The summed E-state index contributed by atoms with van der Waals surface area (Å²) in [4.78, 5) is 15.7. The highest BCUT2D eigenvalue weighted by Gasteiger charge is 2.20. The van der Waals surface area contributed by atoms with Crippen LogP contribution in [0.5, 0.6) is 5.75 Å². The van der Waals surface area contributed by atoms with Crippen molar-refractivity contribution in [3.05, 3.63) is 71.9 Å². The molecule has 1 heterocycles. The predicted molar refractivity (Wildman–Crippen MR) is 99.3 cm³/mol. The first-order valence-electron chi connectivity index (χ1n) is 8.56. The molecule has 1 atom stereocenters. The molecule has 0 spiro atoms. The molecule has 0 aliphatic carbocycles. The zero-order chi connectivity index (χ0) is 18.4. The zero-order valence-corrected chi connectivity index (χ0v) is 14.6. The molecule has 0 saturated heterocycles. The second-order valence-corrected chi connectivity index (χ2v) is 5.87. The van der Waals surface area contributed by atoms with E-state index in [2.05, 4.69) is 4.98 Å². The van der Waals surface area contributed by atoms with Gasteiger partial charge in [0.15, 0.2) is 6.10 Å². The van der Waals surface area contributed by atoms with Crippen LogP contribution >= 0.6 is 0 Å². The highest BCUT2D eigenvalue weighted by Crippen LogP contribution is 2.23. The minimum atomic E-state index is -0.971. The number of carboxylic acids is 1. The van der Waals surface area contributed by atoms with E-state index in [4.69, 9.17) is 9.47 Å². The number of pyridine rings is 1. The van der Waals surface area contributed by atoms with Crippen LogP contribution < -0.4 is 4.74 Å². The number of fused-ring (bicyclic) bond motifs is 1. The van der Waals surface area contributed by atoms with E-state index in [1.807, 2.05) is 54.6 Å². The van der Waals surface area contributed by atoms with Gasteiger partial charge in [0.25, 0.3) is 0 Å². The van der Waals surface area contributed by atoms with Gasteiger partial charge in [-0.2, -0.15) is 0 Å². The minimum Gasteiger partial charge on any atom is -0.489 e. The quantitative estimate of drug-likeness (QED) is 0.668. The lowest BCUT2D eigenvalue weighted by Crippen LogP contribution is -2.26. The van der Waals surface area contributed by atoms with Gasteiger partial charge in [0.05, 0.1) is 5.52 Å². The summed E-state index contributed by atoms with van der Waals surface area (Å²) < 4.78 is 11.3. The highest BCUT2D eigenvalue weighted by molar-refractivity contribution is 5.81. The first-order valence-corrected chi connectivity index (χ1v) is 8.56. The summed E-state index contributed by atoms with van der Waals surface area (Å²) in [6, 6.07) is 17.3. The van der Waals surface area contributed by atoms with E-state index >= 15 is 0 Å². The smallest absolute Gasteiger partial charge is 0.333 e. The van der Waals surface area contributed by atoms with E-state index in [1.54, 1.807) is 13.1 Å². The van der Waals surface area contributed by atoms with Crippen molar-refractivity contribution in [2.75, 3.05) is 6.61 Å². The molecular formula is C21H21NO4. The van der Waals surface area contributed by atoms with Gasteiger partial charge < -0.3 is 14.6 Å². The molecule has 0 aliphatic rings. The number of nitrogens with zero attached hydrogens (tertiary/aromatic N) is 1. The molecule has 0 amide bonds. The average Bonchev–Trinajstić information content (AvgIpc) is 2.66. The molecule has 0 aliphatic heterocycles. The standard InChI is InChI=1S/C21H21NO4/c1-2-25-20(21(23)24)13-15-7-3-6-10-19(15)26-14-16-11-12-22-18-9-5-4-8-17(16)18/h3-12,20H,2,13-14H2,1H3,(H,23,24). The molecule has 0 bridgehead atoms. The Kier molecular flexibility index (Phi) is 5.81. The lowest BCUT2D eigenvalue weighted by atomic mass is 10.1. The number of aliphatic carboxylic acids is 1. The Labute approximate surface area is 152 Å². The largest absolute Gasteiger partial charge is 0.489 e. The Morgan fingerprint density at radius 2 is 1.85 bits per heavy atom. The van der Waals surface area contributed by atoms with Crippen molar-refractivity contribution in [3.8, 4) is 5.75 Å². The van der Waals surface area contributed by atoms with Crippen LogP contribution in [0.4, 0.5) is 0 Å². The number of aromatic nitrogens is 1. The number of rotatable bonds is 8. The number of hydrogen-bond acceptors (Lipinski definition) is 4. The van der Waals surface area contributed by atoms with E-state index < -0.39 is 12.1 Å². The second-order valence-electron chi connectivity index (χ2n) is 5.87. The highest BCUT2D eigenvalue weighted by atomic mass is 16.5. The summed E-state index contributed by atoms with van der Waals surface area (Å²) in [5.41, 5.74) is 2.76. The van der Waals surface area contributed by atoms with E-state index in [1.165, 1.54) is 0 Å². The summed E-state index contributed by atoms with van der Waals surface area (Å²) >= 11 is 0. The third kappa shape index (κ3) is 4.18. The van der Waals surface area contributed by atoms with Gasteiger partial charge in [-0.15, -0.1) is 0 Å². The van der Waals surface area contributed by atoms with E-state index in [-0.39, 0.29) is 6.42 Å². The molecule has 26 heavy (non-hydrogen) atoms. The van der Waals surface area contributed by atoms with Gasteiger partial charge in [0.2, 0.25) is 0 Å². The lowest BCUT2D eigenvalue weighted by molar-refractivity contribution is -0.149. The molecule has 1 N–H and O–H groups in total. The third-order valence-corrected chi connectivity index (χ3v) is 4.14. The van der Waals surface area contributed by atoms with Gasteiger partial charge in [-0.25, -0.2) is 4.79 Å². The van der Waals surface area contributed by atoms with E-state index in [0.29, 0.717) is 19.0 Å². The molecule has 2 aromatic carbocycles. The number of carboxylic acid groups (broad SMARTS) is 1. The molecular weight excluding hydrogens is 330 g/mol. The van der Waals surface area contributed by atoms with Crippen molar-refractivity contribution >= 4 is 16.9 Å². The number of benzene rings is 2. The molecule has 1 aromatic heterocycles. The number of para-hydroxylation sites is 2. The molecule has 3 rings (SSSR count). The fourth-order valence-electron chi connectivity index (χ4n) is 2.87. The van der Waals surface area contributed by atoms with E-state index in [9.17, 15) is 9.90 Å². The molecule has 134 valence electrons. The first kappa shape index (κ1) is 17.9. The minimum absolute atomic E-state index is 0.260. The van der Waals surface area contributed by atoms with Crippen LogP contribution in [0.1, 0.15) is 18.1 Å². The SMILES string of the molecule is CCOC(Cc1ccccc1OCc1ccnc2ccccc12)C(=O)O. The molecule has 0 saturated carbocycles. The average molecular weight is 351 g/mol. The number of carbonyl (C=O) groups is 1. The Hall–Kier alpha value is -2.92. The van der Waals surface area contributed by atoms with Gasteiger partial charge in [0.1, 0.15) is 12.4 Å². The Balaban J connectivity index is 1.79. The summed E-state index contributed by atoms with van der Waals surface area (Å²) in [6.45, 7) is 2.52. The fraction of sp³-hybridized carbons (Fsp3) is 0.238. The topological polar surface area (TPSA) is 68.7 Å². The molecule has 0 fully saturated rings. The van der Waals surface area contributed by atoms with Gasteiger partial charge in [-0.1, -0.05) is 36.4 Å². The maximum Gasteiger partial charge on any atom is 0.333 e. The maximum absolute atomic E-state index is 11.4. The van der Waals surface area contributed by atoms with Crippen molar-refractivity contribution in [2.45, 2.75) is 26.1 Å². The third-order valence-electron chi connectivity index (χ3n) is 4.14. The van der Waals surface area contributed by atoms with Crippen molar-refractivity contribution < 1.29 is 19.4 Å². The van der Waals surface area contributed by atoms with Crippen molar-refractivity contribution in [2.24, 2.45) is 0 Å². The van der Waals surface area contributed by atoms with Gasteiger partial charge in [0, 0.05) is 30.2 Å². The predicted octanol–water partition coefficient (Wildman–Crippen LogP) is 3.85. The zero-order valence-electron chi connectivity index (χ0n) is 14.6. The van der Waals surface area contributed by atoms with Crippen molar-refractivity contribution in [1.29, 1.82) is 0 Å². The van der Waals surface area contributed by atoms with Gasteiger partial charge in [-0.05, 0) is 30.7 Å². The summed E-state index contributed by atoms with van der Waals surface area (Å²) in [5.74, 6) is -0.305. The van der Waals surface area contributed by atoms with Gasteiger partial charge >= 0.3 is 5.97 Å². The van der Waals surface area contributed by atoms with Crippen molar-refractivity contribution in [3.63, 3.8) is 0 Å². The van der Waals surface area contributed by atoms with Crippen LogP contribution in [0, 0.1) is 0 Å². The second kappa shape index (κ2) is 8.45. The number of hydrogen-bond donors (Lipinski definition) is 1. The lowest BCUT2D eigenvalue weighted by Gasteiger charge is -2.16. The molecule has 5 heteroatoms. The molecule has 1 unspecified atom stereocenters. The Morgan fingerprint density at radius 1 is 1.08 bits per heavy atom. The van der Waals surface area contributed by atoms with Crippen LogP contribution in [-0.2, 0) is 22.6 Å². The molecule has 3 aromatic rings. The normalized spacial score (nSPS) is 12.0. The fourth-order valence-corrected chi connectivity index (χ4v) is 2.87. The maximum atomic E-state index is 11.4. The van der Waals surface area contributed by atoms with Crippen LogP contribution in [0.25, 0.3) is 10.9 Å². The summed E-state index contributed by atoms with van der Waals surface area (Å²) in [7, 11) is 0. The monoisotopic (exact) mass is 351 g/mol. The van der Waals surface area contributed by atoms with Gasteiger partial charge in [-0.3, -0.25) is 4.98 Å². The summed E-state index contributed by atoms with van der Waals surface area (Å²) in [5, 5.41) is 10.4. The van der Waals surface area contributed by atoms with Crippen LogP contribution in [0.15, 0.2) is 60.8 Å². The molecule has 0 radical (unpaired) electrons. The van der Waals surface area contributed by atoms with Crippen LogP contribution in [-0.4, -0.2) is 28.8 Å². The van der Waals surface area contributed by atoms with Crippen LogP contribution in [0.3, 0.4) is 0 Å².